The number of carbonyl (C=O) groups is 1. The number of benzene rings is 2. The molecule has 0 saturated carbocycles. The molecule has 0 spiro atoms. The quantitative estimate of drug-likeness (QED) is 0.487. The van der Waals surface area contributed by atoms with Crippen LogP contribution in [-0.4, -0.2) is 58.4 Å². The van der Waals surface area contributed by atoms with E-state index in [1.54, 1.807) is 30.3 Å². The van der Waals surface area contributed by atoms with Gasteiger partial charge in [-0.2, -0.15) is 10.2 Å². The summed E-state index contributed by atoms with van der Waals surface area (Å²) < 4.78 is 18.2. The van der Waals surface area contributed by atoms with Crippen LogP contribution in [0.1, 0.15) is 60.4 Å². The molecule has 39 heavy (non-hydrogen) atoms. The summed E-state index contributed by atoms with van der Waals surface area (Å²) in [4.78, 5) is 32.6. The van der Waals surface area contributed by atoms with Crippen LogP contribution in [0.2, 0.25) is 0 Å². The molecule has 2 aromatic carbocycles. The SMILES string of the molecule is COc1cccc(OC)c1-n1c(COC(C)(C)C)nc(=O)c(C(=O)N2CCC(c3ccccc3C#N)C2)c1O. The van der Waals surface area contributed by atoms with E-state index < -0.39 is 28.5 Å². The average molecular weight is 533 g/mol. The maximum atomic E-state index is 13.7. The highest BCUT2D eigenvalue weighted by molar-refractivity contribution is 5.96. The van der Waals surface area contributed by atoms with Crippen molar-refractivity contribution in [2.45, 2.75) is 45.3 Å². The van der Waals surface area contributed by atoms with Gasteiger partial charge >= 0.3 is 0 Å². The molecule has 3 aromatic rings. The first-order chi connectivity index (χ1) is 18.6. The van der Waals surface area contributed by atoms with Crippen LogP contribution in [0.4, 0.5) is 0 Å². The lowest BCUT2D eigenvalue weighted by Gasteiger charge is -2.24. The third kappa shape index (κ3) is 5.59. The van der Waals surface area contributed by atoms with Gasteiger partial charge in [0.05, 0.1) is 31.5 Å². The van der Waals surface area contributed by atoms with Crippen molar-refractivity contribution in [1.82, 2.24) is 14.5 Å². The second kappa shape index (κ2) is 11.2. The number of methoxy groups -OCH3 is 2. The summed E-state index contributed by atoms with van der Waals surface area (Å²) in [6.07, 6.45) is 0.616. The van der Waals surface area contributed by atoms with Gasteiger partial charge in [-0.3, -0.25) is 14.2 Å². The number of ether oxygens (including phenoxy) is 3. The average Bonchev–Trinajstić information content (AvgIpc) is 3.41. The molecule has 1 aromatic heterocycles. The highest BCUT2D eigenvalue weighted by Gasteiger charge is 2.34. The molecule has 0 aliphatic carbocycles. The molecule has 204 valence electrons. The van der Waals surface area contributed by atoms with Crippen molar-refractivity contribution in [3.05, 3.63) is 75.3 Å². The first-order valence-corrected chi connectivity index (χ1v) is 12.6. The molecule has 0 bridgehead atoms. The third-order valence-corrected chi connectivity index (χ3v) is 6.61. The van der Waals surface area contributed by atoms with E-state index in [0.717, 1.165) is 5.56 Å². The summed E-state index contributed by atoms with van der Waals surface area (Å²) in [5.41, 5.74) is -0.218. The Morgan fingerprint density at radius 3 is 2.41 bits per heavy atom. The Labute approximate surface area is 227 Å². The summed E-state index contributed by atoms with van der Waals surface area (Å²) in [5, 5.41) is 21.0. The van der Waals surface area contributed by atoms with Crippen molar-refractivity contribution >= 4 is 5.91 Å². The number of aromatic nitrogens is 2. The van der Waals surface area contributed by atoms with Crippen LogP contribution in [-0.2, 0) is 11.3 Å². The highest BCUT2D eigenvalue weighted by Crippen LogP contribution is 2.37. The van der Waals surface area contributed by atoms with Crippen LogP contribution >= 0.6 is 0 Å². The number of likely N-dealkylation sites (tertiary alicyclic amines) is 1. The fourth-order valence-electron chi connectivity index (χ4n) is 4.72. The normalized spacial score (nSPS) is 15.2. The van der Waals surface area contributed by atoms with E-state index in [2.05, 4.69) is 11.1 Å². The first kappa shape index (κ1) is 27.7. The largest absolute Gasteiger partial charge is 0.494 e. The minimum atomic E-state index is -0.865. The maximum Gasteiger partial charge on any atom is 0.289 e. The minimum absolute atomic E-state index is 0.0732. The first-order valence-electron chi connectivity index (χ1n) is 12.6. The lowest BCUT2D eigenvalue weighted by molar-refractivity contribution is -0.0193. The van der Waals surface area contributed by atoms with E-state index in [-0.39, 0.29) is 24.0 Å². The number of hydrogen-bond acceptors (Lipinski definition) is 8. The monoisotopic (exact) mass is 532 g/mol. The van der Waals surface area contributed by atoms with Crippen LogP contribution in [0.3, 0.4) is 0 Å². The van der Waals surface area contributed by atoms with Crippen molar-refractivity contribution in [1.29, 1.82) is 5.26 Å². The Balaban J connectivity index is 1.81. The Morgan fingerprint density at radius 1 is 1.13 bits per heavy atom. The second-order valence-corrected chi connectivity index (χ2v) is 10.2. The number of rotatable bonds is 7. The van der Waals surface area contributed by atoms with Gasteiger partial charge in [-0.25, -0.2) is 0 Å². The molecule has 10 heteroatoms. The van der Waals surface area contributed by atoms with Crippen LogP contribution in [0, 0.1) is 11.3 Å². The van der Waals surface area contributed by atoms with Crippen molar-refractivity contribution < 1.29 is 24.1 Å². The smallest absolute Gasteiger partial charge is 0.289 e. The van der Waals surface area contributed by atoms with Gasteiger partial charge in [0.2, 0.25) is 5.88 Å². The summed E-state index contributed by atoms with van der Waals surface area (Å²) in [7, 11) is 2.93. The van der Waals surface area contributed by atoms with Crippen molar-refractivity contribution in [2.75, 3.05) is 27.3 Å². The molecule has 0 radical (unpaired) electrons. The molecular formula is C29H32N4O6. The Hall–Kier alpha value is -4.36. The number of nitriles is 1. The van der Waals surface area contributed by atoms with Gasteiger partial charge in [0, 0.05) is 19.0 Å². The lowest BCUT2D eigenvalue weighted by atomic mass is 9.94. The van der Waals surface area contributed by atoms with E-state index in [1.807, 2.05) is 32.9 Å². The standard InChI is InChI=1S/C29H32N4O6/c1-29(2,3)39-17-23-31-26(34)24(28(36)33(23)25-21(37-4)11-8-12-22(25)38-5)27(35)32-14-13-19(16-32)20-10-7-6-9-18(20)15-30/h6-12,19,36H,13-14,16-17H2,1-5H3. The van der Waals surface area contributed by atoms with E-state index >= 15 is 0 Å². The van der Waals surface area contributed by atoms with E-state index in [4.69, 9.17) is 14.2 Å². The molecule has 1 saturated heterocycles. The predicted octanol–water partition coefficient (Wildman–Crippen LogP) is 3.77. The topological polar surface area (TPSA) is 127 Å². The summed E-state index contributed by atoms with van der Waals surface area (Å²) in [6, 6.07) is 14.5. The van der Waals surface area contributed by atoms with Crippen molar-refractivity contribution in [3.63, 3.8) is 0 Å². The van der Waals surface area contributed by atoms with Gasteiger partial charge in [-0.15, -0.1) is 0 Å². The van der Waals surface area contributed by atoms with Gasteiger partial charge in [0.1, 0.15) is 29.6 Å². The summed E-state index contributed by atoms with van der Waals surface area (Å²) in [6.45, 7) is 6.08. The molecule has 1 fully saturated rings. The van der Waals surface area contributed by atoms with Crippen LogP contribution in [0.5, 0.6) is 17.4 Å². The van der Waals surface area contributed by atoms with Crippen molar-refractivity contribution in [2.24, 2.45) is 0 Å². The number of aromatic hydroxyl groups is 1. The molecule has 1 N–H and O–H groups in total. The molecule has 1 aliphatic heterocycles. The fraction of sp³-hybridized carbons (Fsp3) is 0.379. The highest BCUT2D eigenvalue weighted by atomic mass is 16.5. The molecular weight excluding hydrogens is 500 g/mol. The molecule has 1 atom stereocenters. The Bertz CT molecular complexity index is 1460. The zero-order valence-electron chi connectivity index (χ0n) is 22.7. The van der Waals surface area contributed by atoms with E-state index in [9.17, 15) is 20.0 Å². The molecule has 1 amide bonds. The van der Waals surface area contributed by atoms with E-state index in [1.165, 1.54) is 23.7 Å². The van der Waals surface area contributed by atoms with Gasteiger partial charge in [0.15, 0.2) is 5.56 Å². The zero-order valence-corrected chi connectivity index (χ0v) is 22.7. The zero-order chi connectivity index (χ0) is 28.3. The fourth-order valence-corrected chi connectivity index (χ4v) is 4.72. The lowest BCUT2D eigenvalue weighted by Crippen LogP contribution is -2.35. The number of amides is 1. The van der Waals surface area contributed by atoms with Gasteiger partial charge in [-0.1, -0.05) is 24.3 Å². The molecule has 1 unspecified atom stereocenters. The minimum Gasteiger partial charge on any atom is -0.494 e. The van der Waals surface area contributed by atoms with Crippen LogP contribution in [0.15, 0.2) is 47.3 Å². The molecule has 10 nitrogen and oxygen atoms in total. The molecule has 1 aliphatic rings. The molecule has 4 rings (SSSR count). The predicted molar refractivity (Wildman–Crippen MR) is 144 cm³/mol. The van der Waals surface area contributed by atoms with Gasteiger partial charge in [0.25, 0.3) is 11.5 Å². The van der Waals surface area contributed by atoms with Gasteiger partial charge in [-0.05, 0) is 51.0 Å². The van der Waals surface area contributed by atoms with E-state index in [0.29, 0.717) is 36.6 Å². The van der Waals surface area contributed by atoms with Gasteiger partial charge < -0.3 is 24.2 Å². The Morgan fingerprint density at radius 2 is 1.79 bits per heavy atom. The number of carbonyl (C=O) groups excluding carboxylic acids is 1. The number of para-hydroxylation sites is 1. The van der Waals surface area contributed by atoms with Crippen LogP contribution in [0.25, 0.3) is 5.69 Å². The van der Waals surface area contributed by atoms with Crippen LogP contribution < -0.4 is 15.0 Å². The van der Waals surface area contributed by atoms with Crippen molar-refractivity contribution in [3.8, 4) is 29.1 Å². The maximum absolute atomic E-state index is 13.7. The Kier molecular flexibility index (Phi) is 7.93. The number of hydrogen-bond donors (Lipinski definition) is 1. The summed E-state index contributed by atoms with van der Waals surface area (Å²) >= 11 is 0. The second-order valence-electron chi connectivity index (χ2n) is 10.2. The third-order valence-electron chi connectivity index (χ3n) is 6.61. The summed E-state index contributed by atoms with van der Waals surface area (Å²) in [5.74, 6) is -0.561. The molecule has 2 heterocycles. The number of nitrogens with zero attached hydrogens (tertiary/aromatic N) is 4.